The smallest absolute Gasteiger partial charge is 0.274 e. The van der Waals surface area contributed by atoms with Gasteiger partial charge in [-0.1, -0.05) is 17.3 Å². The third kappa shape index (κ3) is 8.49. The Morgan fingerprint density at radius 2 is 2.03 bits per heavy atom. The van der Waals surface area contributed by atoms with Gasteiger partial charge in [0.1, 0.15) is 29.3 Å². The quantitative estimate of drug-likeness (QED) is 0.248. The fourth-order valence-electron chi connectivity index (χ4n) is 4.21. The molecule has 39 heavy (non-hydrogen) atoms. The largest absolute Gasteiger partial charge is 0.361 e. The van der Waals surface area contributed by atoms with Crippen molar-refractivity contribution in [1.82, 2.24) is 26.4 Å². The number of benzene rings is 1. The van der Waals surface area contributed by atoms with Crippen LogP contribution in [0.2, 0.25) is 0 Å². The van der Waals surface area contributed by atoms with Crippen LogP contribution in [0.15, 0.2) is 46.5 Å². The molecule has 1 aromatic carbocycles. The van der Waals surface area contributed by atoms with E-state index in [4.69, 9.17) is 4.52 Å². The van der Waals surface area contributed by atoms with Crippen LogP contribution in [0.25, 0.3) is 0 Å². The van der Waals surface area contributed by atoms with E-state index in [9.17, 15) is 28.8 Å². The summed E-state index contributed by atoms with van der Waals surface area (Å²) in [5.74, 6) is -2.56. The Bertz CT molecular complexity index is 1270. The van der Waals surface area contributed by atoms with Gasteiger partial charge in [-0.2, -0.15) is 5.26 Å². The van der Waals surface area contributed by atoms with E-state index in [-0.39, 0.29) is 30.0 Å². The molecule has 1 aromatic heterocycles. The maximum absolute atomic E-state index is 13.5. The minimum absolute atomic E-state index is 0.0104. The monoisotopic (exact) mass is 538 g/mol. The van der Waals surface area contributed by atoms with Gasteiger partial charge in [-0.25, -0.2) is 4.39 Å². The Balaban J connectivity index is 1.87. The summed E-state index contributed by atoms with van der Waals surface area (Å²) < 4.78 is 18.4. The van der Waals surface area contributed by atoms with E-state index >= 15 is 0 Å². The molecule has 1 aliphatic heterocycles. The minimum Gasteiger partial charge on any atom is -0.361 e. The molecule has 4 amide bonds. The summed E-state index contributed by atoms with van der Waals surface area (Å²) in [7, 11) is 0. The first-order chi connectivity index (χ1) is 18.7. The molecule has 3 atom stereocenters. The normalized spacial score (nSPS) is 16.8. The molecule has 11 nitrogen and oxygen atoms in total. The van der Waals surface area contributed by atoms with Crippen molar-refractivity contribution in [3.8, 4) is 6.07 Å². The first kappa shape index (κ1) is 29.0. The van der Waals surface area contributed by atoms with Gasteiger partial charge in [0.15, 0.2) is 5.69 Å². The third-order valence-electron chi connectivity index (χ3n) is 6.17. The van der Waals surface area contributed by atoms with Gasteiger partial charge >= 0.3 is 0 Å². The number of hydrogen-bond acceptors (Lipinski definition) is 7. The second-order valence-corrected chi connectivity index (χ2v) is 9.21. The maximum atomic E-state index is 13.5. The summed E-state index contributed by atoms with van der Waals surface area (Å²) in [6.07, 6.45) is 2.81. The number of aryl methyl sites for hydroxylation is 1. The lowest BCUT2D eigenvalue weighted by atomic mass is 9.90. The standard InChI is InChI=1S/C27H31FN6O5/c1-3-30-25(36)19(15-29)14-21(13-18-5-4-10-31-24(18)35)32-26(37)22(12-17-6-8-20(28)9-7-17)33-27(38)23-11-16(2)39-34-23/h6-9,11,14,18,21-22H,3-5,10,12-13H2,1-2H3,(H,30,36)(H,31,35)(H,32,37)(H,33,38)/b19-14+/t18-,21-,22-/m0/s1. The lowest BCUT2D eigenvalue weighted by Crippen LogP contribution is -2.51. The lowest BCUT2D eigenvalue weighted by molar-refractivity contribution is -0.128. The van der Waals surface area contributed by atoms with Gasteiger partial charge < -0.3 is 25.8 Å². The number of carbonyl (C=O) groups excluding carboxylic acids is 4. The van der Waals surface area contributed by atoms with Crippen LogP contribution in [0.4, 0.5) is 4.39 Å². The van der Waals surface area contributed by atoms with Crippen LogP contribution in [0, 0.1) is 30.0 Å². The summed E-state index contributed by atoms with van der Waals surface area (Å²) in [6, 6.07) is 6.73. The summed E-state index contributed by atoms with van der Waals surface area (Å²) in [5, 5.41) is 24.0. The van der Waals surface area contributed by atoms with Crippen molar-refractivity contribution in [2.45, 2.75) is 51.6 Å². The van der Waals surface area contributed by atoms with Crippen molar-refractivity contribution in [3.05, 3.63) is 64.8 Å². The van der Waals surface area contributed by atoms with Crippen molar-refractivity contribution in [2.24, 2.45) is 5.92 Å². The Hall–Kier alpha value is -4.53. The van der Waals surface area contributed by atoms with Crippen LogP contribution in [0.1, 0.15) is 48.0 Å². The molecule has 0 bridgehead atoms. The van der Waals surface area contributed by atoms with Crippen molar-refractivity contribution in [1.29, 1.82) is 5.26 Å². The number of hydrogen-bond donors (Lipinski definition) is 4. The van der Waals surface area contributed by atoms with Crippen LogP contribution in [0.5, 0.6) is 0 Å². The molecule has 2 aromatic rings. The number of nitrogens with zero attached hydrogens (tertiary/aromatic N) is 2. The second-order valence-electron chi connectivity index (χ2n) is 9.21. The van der Waals surface area contributed by atoms with Gasteiger partial charge in [0.2, 0.25) is 11.8 Å². The van der Waals surface area contributed by atoms with E-state index in [1.165, 1.54) is 36.4 Å². The first-order valence-corrected chi connectivity index (χ1v) is 12.7. The molecule has 0 spiro atoms. The number of piperidine rings is 1. The predicted molar refractivity (Wildman–Crippen MR) is 137 cm³/mol. The lowest BCUT2D eigenvalue weighted by Gasteiger charge is -2.27. The summed E-state index contributed by atoms with van der Waals surface area (Å²) in [6.45, 7) is 4.18. The van der Waals surface area contributed by atoms with Crippen molar-refractivity contribution >= 4 is 23.6 Å². The van der Waals surface area contributed by atoms with Gasteiger partial charge in [-0.3, -0.25) is 19.2 Å². The Morgan fingerprint density at radius 1 is 1.28 bits per heavy atom. The molecule has 12 heteroatoms. The molecule has 0 radical (unpaired) electrons. The van der Waals surface area contributed by atoms with E-state index in [0.29, 0.717) is 30.8 Å². The van der Waals surface area contributed by atoms with Crippen LogP contribution in [-0.4, -0.2) is 54.0 Å². The van der Waals surface area contributed by atoms with Crippen LogP contribution < -0.4 is 21.3 Å². The molecule has 0 saturated carbocycles. The predicted octanol–water partition coefficient (Wildman–Crippen LogP) is 1.45. The molecule has 3 rings (SSSR count). The molecule has 206 valence electrons. The van der Waals surface area contributed by atoms with Crippen LogP contribution in [0.3, 0.4) is 0 Å². The number of carbonyl (C=O) groups is 4. The molecule has 2 heterocycles. The Kier molecular flexibility index (Phi) is 10.3. The zero-order valence-electron chi connectivity index (χ0n) is 21.8. The van der Waals surface area contributed by atoms with Gasteiger partial charge in [0.05, 0.1) is 0 Å². The molecular formula is C27H31FN6O5. The number of nitrogens with one attached hydrogen (secondary N) is 4. The molecule has 4 N–H and O–H groups in total. The number of aromatic nitrogens is 1. The molecule has 1 aliphatic rings. The number of halogens is 1. The summed E-state index contributed by atoms with van der Waals surface area (Å²) in [5.41, 5.74) is 0.338. The number of likely N-dealkylation sites (N-methyl/N-ethyl adjacent to an activating group) is 1. The summed E-state index contributed by atoms with van der Waals surface area (Å²) in [4.78, 5) is 51.1. The zero-order chi connectivity index (χ0) is 28.4. The number of rotatable bonds is 11. The minimum atomic E-state index is -1.13. The van der Waals surface area contributed by atoms with Crippen LogP contribution in [-0.2, 0) is 20.8 Å². The molecule has 0 unspecified atom stereocenters. The van der Waals surface area contributed by atoms with E-state index in [2.05, 4.69) is 26.4 Å². The molecular weight excluding hydrogens is 507 g/mol. The summed E-state index contributed by atoms with van der Waals surface area (Å²) >= 11 is 0. The number of nitriles is 1. The van der Waals surface area contributed by atoms with Gasteiger partial charge in [0, 0.05) is 37.5 Å². The SMILES string of the molecule is CCNC(=O)/C(C#N)=C/[C@H](C[C@@H]1CCCNC1=O)NC(=O)[C@H](Cc1ccc(F)cc1)NC(=O)c1cc(C)on1. The van der Waals surface area contributed by atoms with E-state index in [0.717, 1.165) is 6.42 Å². The molecule has 1 saturated heterocycles. The first-order valence-electron chi connectivity index (χ1n) is 12.7. The highest BCUT2D eigenvalue weighted by molar-refractivity contribution is 5.98. The second kappa shape index (κ2) is 13.9. The van der Waals surface area contributed by atoms with Gasteiger partial charge in [-0.15, -0.1) is 0 Å². The molecule has 1 fully saturated rings. The van der Waals surface area contributed by atoms with Crippen molar-refractivity contribution in [3.63, 3.8) is 0 Å². The van der Waals surface area contributed by atoms with Gasteiger partial charge in [0.25, 0.3) is 11.8 Å². The Morgan fingerprint density at radius 3 is 2.64 bits per heavy atom. The fraction of sp³-hybridized carbons (Fsp3) is 0.407. The van der Waals surface area contributed by atoms with E-state index in [1.54, 1.807) is 13.8 Å². The zero-order valence-corrected chi connectivity index (χ0v) is 21.8. The number of amides is 4. The molecule has 0 aliphatic carbocycles. The average Bonchev–Trinajstić information content (AvgIpc) is 3.35. The average molecular weight is 539 g/mol. The third-order valence-corrected chi connectivity index (χ3v) is 6.17. The fourth-order valence-corrected chi connectivity index (χ4v) is 4.21. The van der Waals surface area contributed by atoms with E-state index in [1.807, 2.05) is 6.07 Å². The van der Waals surface area contributed by atoms with Crippen molar-refractivity contribution in [2.75, 3.05) is 13.1 Å². The highest BCUT2D eigenvalue weighted by atomic mass is 19.1. The van der Waals surface area contributed by atoms with Crippen molar-refractivity contribution < 1.29 is 28.1 Å². The van der Waals surface area contributed by atoms with Gasteiger partial charge in [-0.05, 0) is 56.9 Å². The Labute approximate surface area is 225 Å². The highest BCUT2D eigenvalue weighted by Gasteiger charge is 2.29. The topological polar surface area (TPSA) is 166 Å². The maximum Gasteiger partial charge on any atom is 0.274 e. The van der Waals surface area contributed by atoms with E-state index < -0.39 is 41.5 Å². The highest BCUT2D eigenvalue weighted by Crippen LogP contribution is 2.19. The van der Waals surface area contributed by atoms with Crippen LogP contribution >= 0.6 is 0 Å².